The summed E-state index contributed by atoms with van der Waals surface area (Å²) in [7, 11) is 0. The molecular weight excluding hydrogens is 578 g/mol. The topological polar surface area (TPSA) is 126 Å². The van der Waals surface area contributed by atoms with Crippen LogP contribution in [0.25, 0.3) is 21.1 Å². The fourth-order valence-corrected chi connectivity index (χ4v) is 6.56. The Kier molecular flexibility index (Phi) is 7.45. The number of fused-ring (bicyclic) bond motifs is 2. The van der Waals surface area contributed by atoms with Gasteiger partial charge in [-0.2, -0.15) is 5.10 Å². The second-order valence-electron chi connectivity index (χ2n) is 10.9. The summed E-state index contributed by atoms with van der Waals surface area (Å²) >= 11 is 1.41. The van der Waals surface area contributed by atoms with Crippen LogP contribution in [0.1, 0.15) is 29.7 Å². The minimum absolute atomic E-state index is 0.107. The van der Waals surface area contributed by atoms with E-state index in [1.807, 2.05) is 53.3 Å². The number of amides is 2. The normalized spacial score (nSPS) is 18.0. The predicted octanol–water partition coefficient (Wildman–Crippen LogP) is 5.54. The molecule has 0 radical (unpaired) electrons. The number of anilines is 2. The van der Waals surface area contributed by atoms with E-state index in [9.17, 15) is 14.7 Å². The molecule has 2 saturated heterocycles. The smallest absolute Gasteiger partial charge is 0.410 e. The Morgan fingerprint density at radius 2 is 1.93 bits per heavy atom. The molecule has 12 heteroatoms. The lowest BCUT2D eigenvalue weighted by Gasteiger charge is -2.19. The molecule has 2 fully saturated rings. The highest BCUT2D eigenvalue weighted by atomic mass is 32.1. The lowest BCUT2D eigenvalue weighted by Crippen LogP contribution is -2.35. The second kappa shape index (κ2) is 11.9. The van der Waals surface area contributed by atoms with Crippen molar-refractivity contribution in [1.29, 1.82) is 0 Å². The predicted molar refractivity (Wildman–Crippen MR) is 167 cm³/mol. The molecule has 5 heterocycles. The molecule has 11 nitrogen and oxygen atoms in total. The quantitative estimate of drug-likeness (QED) is 0.250. The fraction of sp³-hybridized carbons (Fsp3) is 0.281. The van der Waals surface area contributed by atoms with E-state index in [1.165, 1.54) is 28.1 Å². The van der Waals surface area contributed by atoms with Crippen LogP contribution in [0.4, 0.5) is 21.1 Å². The van der Waals surface area contributed by atoms with Crippen LogP contribution in [0.15, 0.2) is 67.1 Å². The van der Waals surface area contributed by atoms with E-state index in [-0.39, 0.29) is 12.6 Å². The first-order valence-electron chi connectivity index (χ1n) is 14.5. The van der Waals surface area contributed by atoms with E-state index >= 15 is 0 Å². The van der Waals surface area contributed by atoms with Gasteiger partial charge >= 0.3 is 12.2 Å². The van der Waals surface area contributed by atoms with Gasteiger partial charge in [0.1, 0.15) is 29.1 Å². The van der Waals surface area contributed by atoms with Crippen LogP contribution in [0.5, 0.6) is 0 Å². The SMILES string of the molecule is O=C(O[C@H]1C[C@@H](C#Cc2cc3c(Nc4ccc5c(cnn5Cc5ccccc5)c4)ncnc3s2)N(C(=O)O)C1)N1CCCC1. The van der Waals surface area contributed by atoms with Crippen molar-refractivity contribution in [3.05, 3.63) is 77.6 Å². The summed E-state index contributed by atoms with van der Waals surface area (Å²) in [5.41, 5.74) is 3.09. The first kappa shape index (κ1) is 27.7. The second-order valence-corrected chi connectivity index (χ2v) is 11.9. The summed E-state index contributed by atoms with van der Waals surface area (Å²) in [6.45, 7) is 2.15. The van der Waals surface area contributed by atoms with Gasteiger partial charge in [-0.3, -0.25) is 9.58 Å². The minimum Gasteiger partial charge on any atom is -0.465 e. The highest BCUT2D eigenvalue weighted by Crippen LogP contribution is 2.31. The Labute approximate surface area is 257 Å². The van der Waals surface area contributed by atoms with Gasteiger partial charge in [0.25, 0.3) is 0 Å². The molecule has 7 rings (SSSR count). The number of hydrogen-bond donors (Lipinski definition) is 2. The molecule has 2 N–H and O–H groups in total. The highest BCUT2D eigenvalue weighted by molar-refractivity contribution is 7.19. The lowest BCUT2D eigenvalue weighted by atomic mass is 10.2. The molecule has 2 aliphatic rings. The zero-order chi connectivity index (χ0) is 30.0. The standard InChI is InChI=1S/C32H29N7O4S/c40-31(41)38-19-25(43-32(42)37-12-4-5-13-37)15-24(38)9-10-26-16-27-29(33-20-34-30(27)44-26)36-23-8-11-28-22(14-23)17-35-39(28)18-21-6-2-1-3-7-21/h1-3,6-8,11,14,16-17,20,24-25H,4-5,12-13,15,18-19H2,(H,40,41)(H,33,34,36)/t24-,25+/m1/s1. The summed E-state index contributed by atoms with van der Waals surface area (Å²) in [6.07, 6.45) is 3.64. The fourth-order valence-electron chi connectivity index (χ4n) is 5.70. The molecule has 0 unspecified atom stereocenters. The van der Waals surface area contributed by atoms with Crippen molar-refractivity contribution in [2.24, 2.45) is 0 Å². The van der Waals surface area contributed by atoms with E-state index in [0.717, 1.165) is 44.5 Å². The third-order valence-electron chi connectivity index (χ3n) is 7.91. The third-order valence-corrected chi connectivity index (χ3v) is 8.87. The first-order valence-corrected chi connectivity index (χ1v) is 15.3. The molecule has 0 aliphatic carbocycles. The van der Waals surface area contributed by atoms with Crippen LogP contribution in [-0.4, -0.2) is 78.6 Å². The molecule has 0 bridgehead atoms. The van der Waals surface area contributed by atoms with Crippen molar-refractivity contribution in [2.75, 3.05) is 25.0 Å². The summed E-state index contributed by atoms with van der Waals surface area (Å²) < 4.78 is 7.60. The average molecular weight is 608 g/mol. The van der Waals surface area contributed by atoms with E-state index in [2.05, 4.69) is 44.4 Å². The Morgan fingerprint density at radius 3 is 2.75 bits per heavy atom. The molecule has 2 amide bonds. The Bertz CT molecular complexity index is 1910. The van der Waals surface area contributed by atoms with Gasteiger partial charge in [0.05, 0.1) is 35.1 Å². The average Bonchev–Trinajstić information content (AvgIpc) is 3.83. The number of aromatic nitrogens is 4. The maximum absolute atomic E-state index is 12.4. The van der Waals surface area contributed by atoms with Crippen LogP contribution in [-0.2, 0) is 11.3 Å². The number of nitrogens with one attached hydrogen (secondary N) is 1. The number of carbonyl (C=O) groups is 2. The van der Waals surface area contributed by atoms with Gasteiger partial charge in [0, 0.05) is 30.6 Å². The molecule has 222 valence electrons. The summed E-state index contributed by atoms with van der Waals surface area (Å²) in [6, 6.07) is 17.6. The zero-order valence-corrected chi connectivity index (χ0v) is 24.5. The van der Waals surface area contributed by atoms with E-state index in [0.29, 0.717) is 31.9 Å². The number of thiophene rings is 1. The molecule has 2 aromatic carbocycles. The zero-order valence-electron chi connectivity index (χ0n) is 23.7. The number of ether oxygens (including phenoxy) is 1. The van der Waals surface area contributed by atoms with Gasteiger partial charge in [-0.15, -0.1) is 11.3 Å². The number of hydrogen-bond acceptors (Lipinski definition) is 8. The molecule has 0 spiro atoms. The van der Waals surface area contributed by atoms with Crippen LogP contribution in [0, 0.1) is 11.8 Å². The number of rotatable bonds is 5. The monoisotopic (exact) mass is 607 g/mol. The number of carboxylic acid groups (broad SMARTS) is 1. The van der Waals surface area contributed by atoms with Crippen LogP contribution in [0.3, 0.4) is 0 Å². The number of benzene rings is 2. The van der Waals surface area contributed by atoms with Crippen LogP contribution in [0.2, 0.25) is 0 Å². The summed E-state index contributed by atoms with van der Waals surface area (Å²) in [5, 5.41) is 19.6. The molecule has 3 aromatic heterocycles. The van der Waals surface area contributed by atoms with Crippen molar-refractivity contribution >= 4 is 56.1 Å². The van der Waals surface area contributed by atoms with Gasteiger partial charge in [0.2, 0.25) is 0 Å². The molecule has 2 aliphatic heterocycles. The molecule has 2 atom stereocenters. The van der Waals surface area contributed by atoms with E-state index < -0.39 is 18.2 Å². The van der Waals surface area contributed by atoms with Gasteiger partial charge in [-0.05, 0) is 42.7 Å². The van der Waals surface area contributed by atoms with Gasteiger partial charge in [-0.1, -0.05) is 42.2 Å². The number of likely N-dealkylation sites (tertiary alicyclic amines) is 2. The van der Waals surface area contributed by atoms with Crippen molar-refractivity contribution < 1.29 is 19.4 Å². The van der Waals surface area contributed by atoms with Gasteiger partial charge in [-0.25, -0.2) is 19.6 Å². The molecular formula is C32H29N7O4S. The lowest BCUT2D eigenvalue weighted by molar-refractivity contribution is 0.0708. The van der Waals surface area contributed by atoms with Gasteiger partial charge in [0.15, 0.2) is 0 Å². The number of carbonyl (C=O) groups excluding carboxylic acids is 1. The van der Waals surface area contributed by atoms with E-state index in [1.54, 1.807) is 4.90 Å². The van der Waals surface area contributed by atoms with Crippen molar-refractivity contribution in [3.63, 3.8) is 0 Å². The highest BCUT2D eigenvalue weighted by Gasteiger charge is 2.37. The Balaban J connectivity index is 1.07. The van der Waals surface area contributed by atoms with Crippen LogP contribution < -0.4 is 5.32 Å². The summed E-state index contributed by atoms with van der Waals surface area (Å²) in [5.74, 6) is 6.88. The van der Waals surface area contributed by atoms with Gasteiger partial charge < -0.3 is 20.1 Å². The van der Waals surface area contributed by atoms with Crippen LogP contribution >= 0.6 is 11.3 Å². The van der Waals surface area contributed by atoms with Crippen molar-refractivity contribution in [3.8, 4) is 11.8 Å². The largest absolute Gasteiger partial charge is 0.465 e. The molecule has 44 heavy (non-hydrogen) atoms. The maximum Gasteiger partial charge on any atom is 0.410 e. The maximum atomic E-state index is 12.4. The van der Waals surface area contributed by atoms with E-state index in [4.69, 9.17) is 4.74 Å². The van der Waals surface area contributed by atoms with Crippen molar-refractivity contribution in [1.82, 2.24) is 29.5 Å². The summed E-state index contributed by atoms with van der Waals surface area (Å²) in [4.78, 5) is 37.7. The Morgan fingerprint density at radius 1 is 1.09 bits per heavy atom. The first-order chi connectivity index (χ1) is 21.5. The molecule has 0 saturated carbocycles. The Hall–Kier alpha value is -5.15. The third kappa shape index (κ3) is 5.74. The molecule has 5 aromatic rings. The minimum atomic E-state index is -1.08. The number of nitrogens with zero attached hydrogens (tertiary/aromatic N) is 6. The van der Waals surface area contributed by atoms with Crippen molar-refractivity contribution in [2.45, 2.75) is 38.0 Å².